The zero-order valence-electron chi connectivity index (χ0n) is 9.58. The molecular weight excluding hydrogens is 194 g/mol. The minimum atomic E-state index is -0.478. The molecule has 0 aliphatic heterocycles. The minimum absolute atomic E-state index is 0.0756. The first-order valence-electron chi connectivity index (χ1n) is 5.56. The van der Waals surface area contributed by atoms with Crippen LogP contribution in [0.5, 0.6) is 0 Å². The fourth-order valence-corrected chi connectivity index (χ4v) is 1.92. The third kappa shape index (κ3) is 3.18. The van der Waals surface area contributed by atoms with Crippen LogP contribution in [0.15, 0.2) is 0 Å². The molecule has 2 N–H and O–H groups in total. The molecule has 4 nitrogen and oxygen atoms in total. The molecule has 0 bridgehead atoms. The van der Waals surface area contributed by atoms with Gasteiger partial charge in [-0.15, -0.1) is 0 Å². The molecule has 1 unspecified atom stereocenters. The highest BCUT2D eigenvalue weighted by Crippen LogP contribution is 2.44. The van der Waals surface area contributed by atoms with Crippen molar-refractivity contribution in [2.75, 3.05) is 20.3 Å². The Balaban J connectivity index is 2.39. The quantitative estimate of drug-likeness (QED) is 0.685. The van der Waals surface area contributed by atoms with Gasteiger partial charge in [-0.05, 0) is 26.2 Å². The highest BCUT2D eigenvalue weighted by atomic mass is 16.5. The van der Waals surface area contributed by atoms with E-state index in [1.54, 1.807) is 14.0 Å². The maximum Gasteiger partial charge on any atom is 0.226 e. The molecule has 4 heteroatoms. The van der Waals surface area contributed by atoms with Crippen LogP contribution in [0.4, 0.5) is 0 Å². The molecule has 0 radical (unpaired) electrons. The van der Waals surface area contributed by atoms with Crippen LogP contribution in [0.2, 0.25) is 0 Å². The maximum atomic E-state index is 11.9. The summed E-state index contributed by atoms with van der Waals surface area (Å²) in [6.45, 7) is 2.64. The second-order valence-electron chi connectivity index (χ2n) is 4.44. The van der Waals surface area contributed by atoms with Crippen LogP contribution in [0.3, 0.4) is 0 Å². The molecule has 1 aliphatic rings. The Bertz CT molecular complexity index is 212. The number of amides is 1. The molecular formula is C11H21NO3. The van der Waals surface area contributed by atoms with Crippen molar-refractivity contribution < 1.29 is 14.6 Å². The summed E-state index contributed by atoms with van der Waals surface area (Å²) in [6.07, 6.45) is 3.32. The minimum Gasteiger partial charge on any atom is -0.392 e. The van der Waals surface area contributed by atoms with Crippen LogP contribution in [-0.2, 0) is 9.53 Å². The first kappa shape index (κ1) is 12.5. The van der Waals surface area contributed by atoms with E-state index in [0.717, 1.165) is 25.7 Å². The number of methoxy groups -OCH3 is 1. The molecule has 15 heavy (non-hydrogen) atoms. The number of carbonyl (C=O) groups is 1. The van der Waals surface area contributed by atoms with Crippen molar-refractivity contribution in [3.63, 3.8) is 0 Å². The number of rotatable bonds is 6. The summed E-state index contributed by atoms with van der Waals surface area (Å²) in [5.74, 6) is 0.0756. The van der Waals surface area contributed by atoms with Crippen molar-refractivity contribution in [3.8, 4) is 0 Å². The highest BCUT2D eigenvalue weighted by molar-refractivity contribution is 5.83. The van der Waals surface area contributed by atoms with Crippen molar-refractivity contribution >= 4 is 5.91 Å². The fraction of sp³-hybridized carbons (Fsp3) is 0.909. The van der Waals surface area contributed by atoms with Crippen LogP contribution in [0.25, 0.3) is 0 Å². The summed E-state index contributed by atoms with van der Waals surface area (Å²) in [5, 5.41) is 11.9. The van der Waals surface area contributed by atoms with E-state index in [4.69, 9.17) is 9.84 Å². The molecule has 0 saturated heterocycles. The standard InChI is InChI=1S/C11H21NO3/c1-9(13)8-12-10(14)11(4-3-5-11)6-7-15-2/h9,13H,3-8H2,1-2H3,(H,12,14). The number of hydrogen-bond acceptors (Lipinski definition) is 3. The maximum absolute atomic E-state index is 11.9. The largest absolute Gasteiger partial charge is 0.392 e. The van der Waals surface area contributed by atoms with Gasteiger partial charge in [-0.3, -0.25) is 4.79 Å². The van der Waals surface area contributed by atoms with E-state index >= 15 is 0 Å². The Morgan fingerprint density at radius 1 is 1.60 bits per heavy atom. The van der Waals surface area contributed by atoms with Crippen molar-refractivity contribution in [2.24, 2.45) is 5.41 Å². The second-order valence-corrected chi connectivity index (χ2v) is 4.44. The van der Waals surface area contributed by atoms with Crippen LogP contribution < -0.4 is 5.32 Å². The number of aliphatic hydroxyl groups excluding tert-OH is 1. The lowest BCUT2D eigenvalue weighted by atomic mass is 9.66. The Kier molecular flexibility index (Phi) is 4.54. The summed E-state index contributed by atoms with van der Waals surface area (Å²) in [4.78, 5) is 11.9. The number of aliphatic hydroxyl groups is 1. The Morgan fingerprint density at radius 3 is 2.67 bits per heavy atom. The van der Waals surface area contributed by atoms with Gasteiger partial charge in [0.1, 0.15) is 0 Å². The van der Waals surface area contributed by atoms with E-state index in [1.165, 1.54) is 0 Å². The smallest absolute Gasteiger partial charge is 0.226 e. The molecule has 0 spiro atoms. The van der Waals surface area contributed by atoms with Crippen LogP contribution >= 0.6 is 0 Å². The van der Waals surface area contributed by atoms with Crippen molar-refractivity contribution in [3.05, 3.63) is 0 Å². The van der Waals surface area contributed by atoms with E-state index in [1.807, 2.05) is 0 Å². The first-order valence-corrected chi connectivity index (χ1v) is 5.56. The molecule has 0 heterocycles. The van der Waals surface area contributed by atoms with Gasteiger partial charge in [0, 0.05) is 20.3 Å². The molecule has 1 amide bonds. The van der Waals surface area contributed by atoms with Crippen LogP contribution in [-0.4, -0.2) is 37.4 Å². The van der Waals surface area contributed by atoms with Gasteiger partial charge in [0.25, 0.3) is 0 Å². The SMILES string of the molecule is COCCC1(C(=O)NCC(C)O)CCC1. The molecule has 1 aliphatic carbocycles. The molecule has 0 aromatic carbocycles. The lowest BCUT2D eigenvalue weighted by Gasteiger charge is -2.40. The number of carbonyl (C=O) groups excluding carboxylic acids is 1. The number of ether oxygens (including phenoxy) is 1. The second kappa shape index (κ2) is 5.47. The van der Waals surface area contributed by atoms with E-state index < -0.39 is 6.10 Å². The molecule has 1 atom stereocenters. The zero-order valence-corrected chi connectivity index (χ0v) is 9.58. The van der Waals surface area contributed by atoms with E-state index in [2.05, 4.69) is 5.32 Å². The van der Waals surface area contributed by atoms with E-state index in [-0.39, 0.29) is 11.3 Å². The molecule has 0 aromatic heterocycles. The zero-order chi connectivity index (χ0) is 11.3. The number of hydrogen-bond donors (Lipinski definition) is 2. The van der Waals surface area contributed by atoms with Gasteiger partial charge in [-0.1, -0.05) is 6.42 Å². The first-order chi connectivity index (χ1) is 7.10. The van der Waals surface area contributed by atoms with Gasteiger partial charge in [-0.2, -0.15) is 0 Å². The summed E-state index contributed by atoms with van der Waals surface area (Å²) in [5.41, 5.74) is -0.217. The van der Waals surface area contributed by atoms with Crippen LogP contribution in [0.1, 0.15) is 32.6 Å². The Hall–Kier alpha value is -0.610. The molecule has 88 valence electrons. The van der Waals surface area contributed by atoms with Crippen molar-refractivity contribution in [1.82, 2.24) is 5.32 Å². The predicted octanol–water partition coefficient (Wildman–Crippen LogP) is 0.690. The normalized spacial score (nSPS) is 20.5. The summed E-state index contributed by atoms with van der Waals surface area (Å²) >= 11 is 0. The lowest BCUT2D eigenvalue weighted by Crippen LogP contribution is -2.47. The van der Waals surface area contributed by atoms with Gasteiger partial charge in [0.15, 0.2) is 0 Å². The van der Waals surface area contributed by atoms with Crippen LogP contribution in [0, 0.1) is 5.41 Å². The van der Waals surface area contributed by atoms with Gasteiger partial charge in [-0.25, -0.2) is 0 Å². The average molecular weight is 215 g/mol. The predicted molar refractivity (Wildman–Crippen MR) is 57.5 cm³/mol. The number of nitrogens with one attached hydrogen (secondary N) is 1. The topological polar surface area (TPSA) is 58.6 Å². The van der Waals surface area contributed by atoms with E-state index in [9.17, 15) is 4.79 Å². The van der Waals surface area contributed by atoms with Crippen molar-refractivity contribution in [2.45, 2.75) is 38.7 Å². The van der Waals surface area contributed by atoms with Gasteiger partial charge in [0.2, 0.25) is 5.91 Å². The third-order valence-electron chi connectivity index (χ3n) is 3.14. The molecule has 0 aromatic rings. The molecule has 1 saturated carbocycles. The molecule has 1 rings (SSSR count). The third-order valence-corrected chi connectivity index (χ3v) is 3.14. The average Bonchev–Trinajstić information content (AvgIpc) is 2.13. The van der Waals surface area contributed by atoms with Crippen molar-refractivity contribution in [1.29, 1.82) is 0 Å². The summed E-state index contributed by atoms with van der Waals surface area (Å²) in [7, 11) is 1.65. The highest BCUT2D eigenvalue weighted by Gasteiger charge is 2.43. The summed E-state index contributed by atoms with van der Waals surface area (Å²) in [6, 6.07) is 0. The fourth-order valence-electron chi connectivity index (χ4n) is 1.92. The van der Waals surface area contributed by atoms with E-state index in [0.29, 0.717) is 13.2 Å². The Morgan fingerprint density at radius 2 is 2.27 bits per heavy atom. The lowest BCUT2D eigenvalue weighted by molar-refractivity contribution is -0.137. The Labute approximate surface area is 91.0 Å². The molecule has 1 fully saturated rings. The van der Waals surface area contributed by atoms with Gasteiger partial charge >= 0.3 is 0 Å². The van der Waals surface area contributed by atoms with Gasteiger partial charge < -0.3 is 15.2 Å². The summed E-state index contributed by atoms with van der Waals surface area (Å²) < 4.78 is 5.02. The van der Waals surface area contributed by atoms with Gasteiger partial charge in [0.05, 0.1) is 11.5 Å². The monoisotopic (exact) mass is 215 g/mol.